The molecule has 1 nitrogen and oxygen atoms in total. The lowest BCUT2D eigenvalue weighted by Gasteiger charge is -2.13. The van der Waals surface area contributed by atoms with Crippen LogP contribution in [0, 0.1) is 0 Å². The molecule has 0 bridgehead atoms. The second-order valence-corrected chi connectivity index (χ2v) is 5.87. The van der Waals surface area contributed by atoms with E-state index >= 15 is 0 Å². The van der Waals surface area contributed by atoms with E-state index in [0.29, 0.717) is 0 Å². The summed E-state index contributed by atoms with van der Waals surface area (Å²) in [6.45, 7) is 0. The van der Waals surface area contributed by atoms with Crippen molar-refractivity contribution in [2.75, 3.05) is 0 Å². The molecule has 2 aliphatic carbocycles. The summed E-state index contributed by atoms with van der Waals surface area (Å²) in [5.74, 6) is 0. The zero-order valence-corrected chi connectivity index (χ0v) is 11.0. The standard InChI is InChI=1S/C16H25N/c1-3-7-11-15-13(9-5-1)14-10-6-2-4-8-12-16(14)17-15/h17H,1-12H2. The number of hydrogen-bond acceptors (Lipinski definition) is 0. The van der Waals surface area contributed by atoms with Gasteiger partial charge in [-0.1, -0.05) is 25.7 Å². The van der Waals surface area contributed by atoms with E-state index in [2.05, 4.69) is 4.98 Å². The minimum atomic E-state index is 1.31. The highest BCUT2D eigenvalue weighted by Crippen LogP contribution is 2.29. The van der Waals surface area contributed by atoms with Crippen LogP contribution in [0.5, 0.6) is 0 Å². The van der Waals surface area contributed by atoms with Crippen molar-refractivity contribution in [3.63, 3.8) is 0 Å². The van der Waals surface area contributed by atoms with Crippen LogP contribution in [0.15, 0.2) is 0 Å². The van der Waals surface area contributed by atoms with Crippen molar-refractivity contribution in [3.05, 3.63) is 22.5 Å². The SMILES string of the molecule is C1CCCc2c([nH]c3c2CCCCCC3)CC1. The first-order valence-corrected chi connectivity index (χ1v) is 7.66. The minimum absolute atomic E-state index is 1.31. The number of fused-ring (bicyclic) bond motifs is 3. The van der Waals surface area contributed by atoms with E-state index in [9.17, 15) is 0 Å². The van der Waals surface area contributed by atoms with E-state index in [-0.39, 0.29) is 0 Å². The molecule has 1 heteroatoms. The second-order valence-electron chi connectivity index (χ2n) is 5.87. The van der Waals surface area contributed by atoms with Crippen molar-refractivity contribution in [1.29, 1.82) is 0 Å². The smallest absolute Gasteiger partial charge is 0.0184 e. The molecule has 0 radical (unpaired) electrons. The molecular weight excluding hydrogens is 206 g/mol. The maximum absolute atomic E-state index is 3.79. The second kappa shape index (κ2) is 5.29. The highest BCUT2D eigenvalue weighted by atomic mass is 14.7. The molecule has 94 valence electrons. The molecule has 0 saturated heterocycles. The summed E-state index contributed by atoms with van der Waals surface area (Å²) in [4.78, 5) is 3.79. The zero-order valence-electron chi connectivity index (χ0n) is 11.0. The summed E-state index contributed by atoms with van der Waals surface area (Å²) >= 11 is 0. The molecule has 1 N–H and O–H groups in total. The molecule has 0 spiro atoms. The van der Waals surface area contributed by atoms with Gasteiger partial charge in [0.1, 0.15) is 0 Å². The van der Waals surface area contributed by atoms with Gasteiger partial charge in [0.2, 0.25) is 0 Å². The molecule has 0 fully saturated rings. The van der Waals surface area contributed by atoms with Gasteiger partial charge in [-0.05, 0) is 62.5 Å². The van der Waals surface area contributed by atoms with Gasteiger partial charge >= 0.3 is 0 Å². The van der Waals surface area contributed by atoms with E-state index in [1.54, 1.807) is 22.5 Å². The Morgan fingerprint density at radius 2 is 0.882 bits per heavy atom. The number of nitrogens with one attached hydrogen (secondary N) is 1. The van der Waals surface area contributed by atoms with E-state index < -0.39 is 0 Å². The van der Waals surface area contributed by atoms with Crippen LogP contribution in [0.3, 0.4) is 0 Å². The Bertz CT molecular complexity index is 341. The van der Waals surface area contributed by atoms with Crippen LogP contribution < -0.4 is 0 Å². The maximum Gasteiger partial charge on any atom is 0.0184 e. The van der Waals surface area contributed by atoms with E-state index in [1.165, 1.54) is 77.0 Å². The first-order chi connectivity index (χ1) is 8.45. The Morgan fingerprint density at radius 1 is 0.471 bits per heavy atom. The number of aryl methyl sites for hydroxylation is 2. The van der Waals surface area contributed by atoms with Gasteiger partial charge in [0.25, 0.3) is 0 Å². The highest BCUT2D eigenvalue weighted by Gasteiger charge is 2.18. The third-order valence-electron chi connectivity index (χ3n) is 4.60. The van der Waals surface area contributed by atoms with Crippen molar-refractivity contribution in [3.8, 4) is 0 Å². The third-order valence-corrected chi connectivity index (χ3v) is 4.60. The molecule has 1 aromatic heterocycles. The average Bonchev–Trinajstić information content (AvgIpc) is 2.55. The summed E-state index contributed by atoms with van der Waals surface area (Å²) < 4.78 is 0. The summed E-state index contributed by atoms with van der Waals surface area (Å²) in [6, 6.07) is 0. The van der Waals surface area contributed by atoms with Crippen LogP contribution >= 0.6 is 0 Å². The van der Waals surface area contributed by atoms with Crippen molar-refractivity contribution in [2.24, 2.45) is 0 Å². The lowest BCUT2D eigenvalue weighted by atomic mass is 9.91. The molecular formula is C16H25N. The van der Waals surface area contributed by atoms with Crippen molar-refractivity contribution in [2.45, 2.75) is 77.0 Å². The van der Waals surface area contributed by atoms with Crippen LogP contribution in [0.1, 0.15) is 73.9 Å². The first-order valence-electron chi connectivity index (χ1n) is 7.66. The Labute approximate surface area is 105 Å². The Morgan fingerprint density at radius 3 is 1.35 bits per heavy atom. The lowest BCUT2D eigenvalue weighted by Crippen LogP contribution is -2.01. The fourth-order valence-electron chi connectivity index (χ4n) is 3.64. The fraction of sp³-hybridized carbons (Fsp3) is 0.750. The van der Waals surface area contributed by atoms with Crippen LogP contribution in [-0.2, 0) is 25.7 Å². The monoisotopic (exact) mass is 231 g/mol. The number of hydrogen-bond donors (Lipinski definition) is 1. The molecule has 0 aliphatic heterocycles. The van der Waals surface area contributed by atoms with Crippen LogP contribution in [-0.4, -0.2) is 4.98 Å². The van der Waals surface area contributed by atoms with Gasteiger partial charge < -0.3 is 4.98 Å². The third kappa shape index (κ3) is 2.43. The number of H-pyrrole nitrogens is 1. The number of aromatic amines is 1. The minimum Gasteiger partial charge on any atom is -0.362 e. The van der Waals surface area contributed by atoms with Crippen molar-refractivity contribution < 1.29 is 0 Å². The molecule has 0 aromatic carbocycles. The van der Waals surface area contributed by atoms with E-state index in [4.69, 9.17) is 0 Å². The van der Waals surface area contributed by atoms with Gasteiger partial charge in [-0.3, -0.25) is 0 Å². The maximum atomic E-state index is 3.79. The van der Waals surface area contributed by atoms with Gasteiger partial charge in [0.15, 0.2) is 0 Å². The van der Waals surface area contributed by atoms with Crippen LogP contribution in [0.25, 0.3) is 0 Å². The predicted octanol–water partition coefficient (Wildman–Crippen LogP) is 4.33. The molecule has 0 unspecified atom stereocenters. The molecule has 0 saturated carbocycles. The number of rotatable bonds is 0. The van der Waals surface area contributed by atoms with Crippen molar-refractivity contribution >= 4 is 0 Å². The molecule has 0 atom stereocenters. The molecule has 2 aliphatic rings. The van der Waals surface area contributed by atoms with E-state index in [0.717, 1.165) is 0 Å². The largest absolute Gasteiger partial charge is 0.362 e. The van der Waals surface area contributed by atoms with Gasteiger partial charge in [0.05, 0.1) is 0 Å². The Kier molecular flexibility index (Phi) is 3.54. The van der Waals surface area contributed by atoms with Gasteiger partial charge in [-0.15, -0.1) is 0 Å². The van der Waals surface area contributed by atoms with Crippen LogP contribution in [0.4, 0.5) is 0 Å². The topological polar surface area (TPSA) is 15.8 Å². The fourth-order valence-corrected chi connectivity index (χ4v) is 3.64. The number of aromatic nitrogens is 1. The van der Waals surface area contributed by atoms with Crippen molar-refractivity contribution in [1.82, 2.24) is 4.98 Å². The normalized spacial score (nSPS) is 21.6. The average molecular weight is 231 g/mol. The van der Waals surface area contributed by atoms with E-state index in [1.807, 2.05) is 0 Å². The van der Waals surface area contributed by atoms with Crippen LogP contribution in [0.2, 0.25) is 0 Å². The predicted molar refractivity (Wildman–Crippen MR) is 72.5 cm³/mol. The summed E-state index contributed by atoms with van der Waals surface area (Å²) in [7, 11) is 0. The lowest BCUT2D eigenvalue weighted by molar-refractivity contribution is 0.604. The van der Waals surface area contributed by atoms with Gasteiger partial charge in [-0.25, -0.2) is 0 Å². The quantitative estimate of drug-likeness (QED) is 0.684. The van der Waals surface area contributed by atoms with Gasteiger partial charge in [-0.2, -0.15) is 0 Å². The molecule has 3 rings (SSSR count). The summed E-state index contributed by atoms with van der Waals surface area (Å²) in [5.41, 5.74) is 6.69. The molecule has 17 heavy (non-hydrogen) atoms. The highest BCUT2D eigenvalue weighted by molar-refractivity contribution is 5.38. The zero-order chi connectivity index (χ0) is 11.5. The summed E-state index contributed by atoms with van der Waals surface area (Å²) in [6.07, 6.45) is 16.7. The first kappa shape index (κ1) is 11.4. The Balaban J connectivity index is 1.93. The molecule has 1 heterocycles. The summed E-state index contributed by atoms with van der Waals surface area (Å²) in [5, 5.41) is 0. The Hall–Kier alpha value is -0.720. The molecule has 0 amide bonds. The van der Waals surface area contributed by atoms with Gasteiger partial charge in [0, 0.05) is 11.4 Å². The molecule has 1 aromatic rings.